The van der Waals surface area contributed by atoms with Crippen LogP contribution >= 0.6 is 11.6 Å². The lowest BCUT2D eigenvalue weighted by molar-refractivity contribution is 0.140. The predicted octanol–water partition coefficient (Wildman–Crippen LogP) is 3.91. The molecule has 1 atom stereocenters. The van der Waals surface area contributed by atoms with Crippen molar-refractivity contribution in [3.63, 3.8) is 0 Å². The minimum Gasteiger partial charge on any atom is -0.497 e. The van der Waals surface area contributed by atoms with Crippen molar-refractivity contribution in [1.82, 2.24) is 0 Å². The summed E-state index contributed by atoms with van der Waals surface area (Å²) in [4.78, 5) is 0. The summed E-state index contributed by atoms with van der Waals surface area (Å²) in [7, 11) is 1.68. The molecule has 0 fully saturated rings. The SMILES string of the molecule is CCOCCCC(CCl)Cc1ccc(OC)cc1. The quantitative estimate of drug-likeness (QED) is 0.500. The van der Waals surface area contributed by atoms with E-state index in [1.165, 1.54) is 5.56 Å². The number of rotatable bonds is 9. The second kappa shape index (κ2) is 9.23. The molecule has 0 saturated heterocycles. The Hall–Kier alpha value is -0.730. The average molecular weight is 271 g/mol. The molecule has 1 unspecified atom stereocenters. The van der Waals surface area contributed by atoms with Gasteiger partial charge < -0.3 is 9.47 Å². The molecule has 0 heterocycles. The van der Waals surface area contributed by atoms with Crippen LogP contribution < -0.4 is 4.74 Å². The molecule has 102 valence electrons. The van der Waals surface area contributed by atoms with Crippen molar-refractivity contribution in [2.75, 3.05) is 26.2 Å². The second-order valence-corrected chi connectivity index (χ2v) is 4.72. The first-order valence-corrected chi connectivity index (χ1v) is 7.10. The molecule has 2 nitrogen and oxygen atoms in total. The van der Waals surface area contributed by atoms with Crippen LogP contribution in [0.2, 0.25) is 0 Å². The van der Waals surface area contributed by atoms with E-state index in [9.17, 15) is 0 Å². The Morgan fingerprint density at radius 1 is 1.22 bits per heavy atom. The van der Waals surface area contributed by atoms with E-state index in [-0.39, 0.29) is 0 Å². The fourth-order valence-electron chi connectivity index (χ4n) is 1.95. The third-order valence-electron chi connectivity index (χ3n) is 3.01. The topological polar surface area (TPSA) is 18.5 Å². The first-order valence-electron chi connectivity index (χ1n) is 6.56. The molecule has 1 rings (SSSR count). The van der Waals surface area contributed by atoms with Crippen molar-refractivity contribution >= 4 is 11.6 Å². The standard InChI is InChI=1S/C15H23ClO2/c1-3-18-10-4-5-14(12-16)11-13-6-8-15(17-2)9-7-13/h6-9,14H,3-5,10-12H2,1-2H3. The summed E-state index contributed by atoms with van der Waals surface area (Å²) in [6, 6.07) is 8.23. The van der Waals surface area contributed by atoms with E-state index in [4.69, 9.17) is 21.1 Å². The molecule has 0 N–H and O–H groups in total. The van der Waals surface area contributed by atoms with Crippen molar-refractivity contribution < 1.29 is 9.47 Å². The van der Waals surface area contributed by atoms with Gasteiger partial charge in [0.2, 0.25) is 0 Å². The largest absolute Gasteiger partial charge is 0.497 e. The van der Waals surface area contributed by atoms with Crippen LogP contribution in [0.25, 0.3) is 0 Å². The monoisotopic (exact) mass is 270 g/mol. The maximum Gasteiger partial charge on any atom is 0.118 e. The number of halogens is 1. The zero-order valence-corrected chi connectivity index (χ0v) is 12.1. The van der Waals surface area contributed by atoms with E-state index >= 15 is 0 Å². The average Bonchev–Trinajstić information content (AvgIpc) is 2.43. The summed E-state index contributed by atoms with van der Waals surface area (Å²) in [6.45, 7) is 3.66. The highest BCUT2D eigenvalue weighted by Gasteiger charge is 2.08. The van der Waals surface area contributed by atoms with Crippen LogP contribution in [0, 0.1) is 5.92 Å². The van der Waals surface area contributed by atoms with Gasteiger partial charge in [0.1, 0.15) is 5.75 Å². The molecule has 0 amide bonds. The molecule has 0 aliphatic heterocycles. The van der Waals surface area contributed by atoms with Crippen molar-refractivity contribution in [3.05, 3.63) is 29.8 Å². The molecule has 1 aromatic carbocycles. The van der Waals surface area contributed by atoms with Crippen molar-refractivity contribution in [3.8, 4) is 5.75 Å². The number of hydrogen-bond donors (Lipinski definition) is 0. The molecule has 0 aliphatic carbocycles. The molecule has 0 aromatic heterocycles. The highest BCUT2D eigenvalue weighted by Crippen LogP contribution is 2.18. The molecular weight excluding hydrogens is 248 g/mol. The fourth-order valence-corrected chi connectivity index (χ4v) is 2.21. The van der Waals surface area contributed by atoms with E-state index in [2.05, 4.69) is 12.1 Å². The summed E-state index contributed by atoms with van der Waals surface area (Å²) in [5.41, 5.74) is 1.32. The Labute approximate surface area is 115 Å². The smallest absolute Gasteiger partial charge is 0.118 e. The summed E-state index contributed by atoms with van der Waals surface area (Å²) >= 11 is 6.02. The van der Waals surface area contributed by atoms with Crippen LogP contribution in [0.1, 0.15) is 25.3 Å². The third kappa shape index (κ3) is 5.74. The van der Waals surface area contributed by atoms with E-state index in [1.54, 1.807) is 7.11 Å². The van der Waals surface area contributed by atoms with Crippen LogP contribution in [0.15, 0.2) is 24.3 Å². The molecule has 18 heavy (non-hydrogen) atoms. The summed E-state index contributed by atoms with van der Waals surface area (Å²) in [6.07, 6.45) is 3.23. The van der Waals surface area contributed by atoms with Crippen molar-refractivity contribution in [1.29, 1.82) is 0 Å². The predicted molar refractivity (Wildman–Crippen MR) is 76.6 cm³/mol. The highest BCUT2D eigenvalue weighted by atomic mass is 35.5. The van der Waals surface area contributed by atoms with Gasteiger partial charge >= 0.3 is 0 Å². The third-order valence-corrected chi connectivity index (χ3v) is 3.44. The Morgan fingerprint density at radius 3 is 2.50 bits per heavy atom. The van der Waals surface area contributed by atoms with Gasteiger partial charge in [0.25, 0.3) is 0 Å². The molecule has 0 saturated carbocycles. The minimum atomic E-state index is 0.528. The first-order chi connectivity index (χ1) is 8.80. The number of benzene rings is 1. The zero-order chi connectivity index (χ0) is 13.2. The molecule has 0 bridgehead atoms. The van der Waals surface area contributed by atoms with E-state index in [0.717, 1.165) is 38.2 Å². The summed E-state index contributed by atoms with van der Waals surface area (Å²) < 4.78 is 10.5. The zero-order valence-electron chi connectivity index (χ0n) is 11.3. The highest BCUT2D eigenvalue weighted by molar-refractivity contribution is 6.18. The van der Waals surface area contributed by atoms with Gasteiger partial charge in [-0.3, -0.25) is 0 Å². The van der Waals surface area contributed by atoms with Gasteiger partial charge in [-0.05, 0) is 49.8 Å². The van der Waals surface area contributed by atoms with Crippen LogP contribution in [0.5, 0.6) is 5.75 Å². The Balaban J connectivity index is 2.36. The van der Waals surface area contributed by atoms with Gasteiger partial charge in [-0.1, -0.05) is 12.1 Å². The van der Waals surface area contributed by atoms with Gasteiger partial charge in [0.15, 0.2) is 0 Å². The van der Waals surface area contributed by atoms with Gasteiger partial charge in [0, 0.05) is 19.1 Å². The van der Waals surface area contributed by atoms with Crippen LogP contribution in [-0.2, 0) is 11.2 Å². The number of methoxy groups -OCH3 is 1. The number of hydrogen-bond acceptors (Lipinski definition) is 2. The second-order valence-electron chi connectivity index (χ2n) is 4.41. The number of alkyl halides is 1. The Bertz CT molecular complexity index is 311. The molecule has 3 heteroatoms. The molecular formula is C15H23ClO2. The van der Waals surface area contributed by atoms with Gasteiger partial charge in [0.05, 0.1) is 7.11 Å². The molecule has 0 radical (unpaired) electrons. The van der Waals surface area contributed by atoms with Crippen LogP contribution in [0.4, 0.5) is 0 Å². The van der Waals surface area contributed by atoms with Gasteiger partial charge in [-0.2, -0.15) is 0 Å². The fraction of sp³-hybridized carbons (Fsp3) is 0.600. The Kier molecular flexibility index (Phi) is 7.86. The van der Waals surface area contributed by atoms with E-state index in [0.29, 0.717) is 11.8 Å². The lowest BCUT2D eigenvalue weighted by atomic mass is 9.96. The molecule has 0 aliphatic rings. The van der Waals surface area contributed by atoms with E-state index < -0.39 is 0 Å². The van der Waals surface area contributed by atoms with E-state index in [1.807, 2.05) is 19.1 Å². The van der Waals surface area contributed by atoms with Crippen LogP contribution in [0.3, 0.4) is 0 Å². The maximum absolute atomic E-state index is 6.02. The minimum absolute atomic E-state index is 0.528. The normalized spacial score (nSPS) is 12.4. The first kappa shape index (κ1) is 15.3. The molecule has 1 aromatic rings. The Morgan fingerprint density at radius 2 is 1.94 bits per heavy atom. The lowest BCUT2D eigenvalue weighted by Gasteiger charge is -2.14. The van der Waals surface area contributed by atoms with Gasteiger partial charge in [-0.25, -0.2) is 0 Å². The lowest BCUT2D eigenvalue weighted by Crippen LogP contribution is -2.08. The summed E-state index contributed by atoms with van der Waals surface area (Å²) in [5.74, 6) is 2.14. The maximum atomic E-state index is 6.02. The van der Waals surface area contributed by atoms with Crippen molar-refractivity contribution in [2.45, 2.75) is 26.2 Å². The summed E-state index contributed by atoms with van der Waals surface area (Å²) in [5, 5.41) is 0. The van der Waals surface area contributed by atoms with Gasteiger partial charge in [-0.15, -0.1) is 11.6 Å². The van der Waals surface area contributed by atoms with Crippen molar-refractivity contribution in [2.24, 2.45) is 5.92 Å². The molecule has 0 spiro atoms. The van der Waals surface area contributed by atoms with Crippen LogP contribution in [-0.4, -0.2) is 26.2 Å². The number of ether oxygens (including phenoxy) is 2.